The molecule has 0 amide bonds. The minimum absolute atomic E-state index is 0.418. The molecule has 3 nitrogen and oxygen atoms in total. The zero-order valence-electron chi connectivity index (χ0n) is 13.3. The van der Waals surface area contributed by atoms with Crippen LogP contribution in [0.2, 0.25) is 0 Å². The minimum Gasteiger partial charge on any atom is -0.398 e. The van der Waals surface area contributed by atoms with E-state index < -0.39 is 24.0 Å². The van der Waals surface area contributed by atoms with E-state index in [-0.39, 0.29) is 0 Å². The van der Waals surface area contributed by atoms with Crippen LogP contribution in [0.25, 0.3) is 6.08 Å². The summed E-state index contributed by atoms with van der Waals surface area (Å²) in [5.41, 5.74) is -0.874. The van der Waals surface area contributed by atoms with Gasteiger partial charge in [-0.05, 0) is 97.5 Å². The molecule has 0 aromatic heterocycles. The third kappa shape index (κ3) is 3.62. The Morgan fingerprint density at radius 1 is 0.917 bits per heavy atom. The summed E-state index contributed by atoms with van der Waals surface area (Å²) in [6, 6.07) is 0. The Morgan fingerprint density at radius 3 is 1.67 bits per heavy atom. The highest BCUT2D eigenvalue weighted by Crippen LogP contribution is 2.43. The molecule has 0 N–H and O–H groups in total. The van der Waals surface area contributed by atoms with E-state index in [1.54, 1.807) is 0 Å². The summed E-state index contributed by atoms with van der Waals surface area (Å²) in [5, 5.41) is 0. The molecular formula is C15H14BBr4FO3. The van der Waals surface area contributed by atoms with Crippen molar-refractivity contribution in [3.63, 3.8) is 0 Å². The molecule has 0 bridgehead atoms. The Bertz CT molecular complexity index is 689. The maximum absolute atomic E-state index is 14.8. The molecule has 24 heavy (non-hydrogen) atoms. The van der Waals surface area contributed by atoms with Crippen molar-refractivity contribution in [1.82, 2.24) is 0 Å². The van der Waals surface area contributed by atoms with Crippen LogP contribution >= 0.6 is 63.7 Å². The highest BCUT2D eigenvalue weighted by molar-refractivity contribution is 9.14. The highest BCUT2D eigenvalue weighted by Gasteiger charge is 2.53. The average Bonchev–Trinajstić information content (AvgIpc) is 2.70. The maximum atomic E-state index is 14.8. The number of halogens is 5. The van der Waals surface area contributed by atoms with Gasteiger partial charge in [-0.15, -0.1) is 0 Å². The molecule has 2 rings (SSSR count). The van der Waals surface area contributed by atoms with E-state index >= 15 is 0 Å². The number of rotatable bonds is 3. The van der Waals surface area contributed by atoms with Crippen molar-refractivity contribution < 1.29 is 18.5 Å². The molecule has 1 saturated heterocycles. The molecule has 1 aromatic carbocycles. The first kappa shape index (κ1) is 20.8. The predicted octanol–water partition coefficient (Wildman–Crippen LogP) is 6.49. The Kier molecular flexibility index (Phi) is 6.26. The van der Waals surface area contributed by atoms with Crippen LogP contribution in [0, 0.1) is 0 Å². The van der Waals surface area contributed by atoms with Crippen LogP contribution in [-0.4, -0.2) is 24.6 Å². The molecule has 0 atom stereocenters. The average molecular weight is 592 g/mol. The van der Waals surface area contributed by atoms with E-state index in [1.165, 1.54) is 6.08 Å². The molecule has 0 saturated carbocycles. The van der Waals surface area contributed by atoms with Crippen LogP contribution in [0.15, 0.2) is 23.6 Å². The van der Waals surface area contributed by atoms with Crippen LogP contribution in [0.4, 0.5) is 4.39 Å². The lowest BCUT2D eigenvalue weighted by molar-refractivity contribution is 0.00578. The third-order valence-electron chi connectivity index (χ3n) is 4.21. The Balaban J connectivity index is 2.48. The third-order valence-corrected chi connectivity index (χ3v) is 8.57. The number of benzene rings is 1. The molecule has 1 aromatic rings. The SMILES string of the molecule is CC1(C)OB(C(F)=Cc2c(Br)c(Br)c(C=O)c(Br)c2Br)OC1(C)C. The molecule has 1 heterocycles. The number of aldehydes is 1. The van der Waals surface area contributed by atoms with Crippen molar-refractivity contribution in [2.24, 2.45) is 0 Å². The van der Waals surface area contributed by atoms with Crippen molar-refractivity contribution in [2.45, 2.75) is 38.9 Å². The molecule has 0 aliphatic carbocycles. The summed E-state index contributed by atoms with van der Waals surface area (Å²) in [4.78, 5) is 11.2. The number of hydrogen-bond acceptors (Lipinski definition) is 3. The van der Waals surface area contributed by atoms with Crippen molar-refractivity contribution in [2.75, 3.05) is 0 Å². The summed E-state index contributed by atoms with van der Waals surface area (Å²) in [5.74, 6) is 0. The van der Waals surface area contributed by atoms with E-state index in [4.69, 9.17) is 9.31 Å². The van der Waals surface area contributed by atoms with Gasteiger partial charge in [-0.3, -0.25) is 4.79 Å². The monoisotopic (exact) mass is 588 g/mol. The van der Waals surface area contributed by atoms with E-state index in [0.717, 1.165) is 0 Å². The summed E-state index contributed by atoms with van der Waals surface area (Å²) < 4.78 is 28.3. The fourth-order valence-corrected chi connectivity index (χ4v) is 4.65. The van der Waals surface area contributed by atoms with Gasteiger partial charge in [-0.2, -0.15) is 0 Å². The lowest BCUT2D eigenvalue weighted by atomic mass is 9.87. The first-order valence-electron chi connectivity index (χ1n) is 6.96. The van der Waals surface area contributed by atoms with Gasteiger partial charge in [0.25, 0.3) is 0 Å². The molecule has 130 valence electrons. The van der Waals surface area contributed by atoms with Gasteiger partial charge < -0.3 is 9.31 Å². The zero-order chi connectivity index (χ0) is 18.4. The van der Waals surface area contributed by atoms with Crippen molar-refractivity contribution in [1.29, 1.82) is 0 Å². The second kappa shape index (κ2) is 7.23. The van der Waals surface area contributed by atoms with Crippen LogP contribution in [0.1, 0.15) is 43.6 Å². The summed E-state index contributed by atoms with van der Waals surface area (Å²) >= 11 is 13.5. The Morgan fingerprint density at radius 2 is 1.29 bits per heavy atom. The second-order valence-electron chi connectivity index (χ2n) is 6.32. The van der Waals surface area contributed by atoms with Crippen LogP contribution in [0.5, 0.6) is 0 Å². The smallest absolute Gasteiger partial charge is 0.398 e. The fraction of sp³-hybridized carbons (Fsp3) is 0.400. The maximum Gasteiger partial charge on any atom is 0.525 e. The molecule has 0 spiro atoms. The van der Waals surface area contributed by atoms with Gasteiger partial charge in [0.2, 0.25) is 0 Å². The van der Waals surface area contributed by atoms with Gasteiger partial charge in [-0.1, -0.05) is 0 Å². The van der Waals surface area contributed by atoms with Gasteiger partial charge in [0, 0.05) is 29.0 Å². The predicted molar refractivity (Wildman–Crippen MR) is 108 cm³/mol. The lowest BCUT2D eigenvalue weighted by Gasteiger charge is -2.32. The first-order chi connectivity index (χ1) is 10.9. The van der Waals surface area contributed by atoms with Gasteiger partial charge >= 0.3 is 7.12 Å². The largest absolute Gasteiger partial charge is 0.525 e. The first-order valence-corrected chi connectivity index (χ1v) is 10.1. The summed E-state index contributed by atoms with van der Waals surface area (Å²) in [7, 11) is -1.09. The Hall–Kier alpha value is 0.465. The molecule has 9 heteroatoms. The van der Waals surface area contributed by atoms with Crippen molar-refractivity contribution in [3.8, 4) is 0 Å². The molecule has 1 aliphatic rings. The standard InChI is InChI=1S/C15H14BBr4FO3/c1-14(2)15(3,4)24-16(23-14)9(21)5-7-10(17)12(19)8(6-22)13(20)11(7)18/h5-6H,1-4H3. The Labute approximate surface area is 174 Å². The molecule has 1 fully saturated rings. The zero-order valence-corrected chi connectivity index (χ0v) is 19.7. The molecule has 0 radical (unpaired) electrons. The lowest BCUT2D eigenvalue weighted by Crippen LogP contribution is -2.41. The fourth-order valence-electron chi connectivity index (χ4n) is 2.06. The number of carbonyl (C=O) groups excluding carboxylic acids is 1. The molecular weight excluding hydrogens is 578 g/mol. The minimum atomic E-state index is -1.09. The van der Waals surface area contributed by atoms with Gasteiger partial charge in [0.15, 0.2) is 6.29 Å². The van der Waals surface area contributed by atoms with Gasteiger partial charge in [0.1, 0.15) is 5.73 Å². The number of carbonyl (C=O) groups is 1. The van der Waals surface area contributed by atoms with Crippen LogP contribution in [-0.2, 0) is 9.31 Å². The second-order valence-corrected chi connectivity index (χ2v) is 9.49. The van der Waals surface area contributed by atoms with Crippen LogP contribution < -0.4 is 0 Å². The highest BCUT2D eigenvalue weighted by atomic mass is 79.9. The molecule has 0 unspecified atom stereocenters. The summed E-state index contributed by atoms with van der Waals surface area (Å²) in [6.07, 6.45) is 2.03. The van der Waals surface area contributed by atoms with E-state index in [9.17, 15) is 9.18 Å². The van der Waals surface area contributed by atoms with Crippen molar-refractivity contribution >= 4 is 83.2 Å². The van der Waals surface area contributed by atoms with E-state index in [0.29, 0.717) is 35.3 Å². The van der Waals surface area contributed by atoms with E-state index in [2.05, 4.69) is 63.7 Å². The van der Waals surface area contributed by atoms with E-state index in [1.807, 2.05) is 27.7 Å². The van der Waals surface area contributed by atoms with Gasteiger partial charge in [-0.25, -0.2) is 4.39 Å². The normalized spacial score (nSPS) is 19.7. The number of hydrogen-bond donors (Lipinski definition) is 0. The molecule has 1 aliphatic heterocycles. The van der Waals surface area contributed by atoms with Crippen LogP contribution in [0.3, 0.4) is 0 Å². The van der Waals surface area contributed by atoms with Gasteiger partial charge in [0.05, 0.1) is 11.2 Å². The van der Waals surface area contributed by atoms with Crippen molar-refractivity contribution in [3.05, 3.63) is 34.7 Å². The quantitative estimate of drug-likeness (QED) is 0.229. The topological polar surface area (TPSA) is 35.5 Å². The summed E-state index contributed by atoms with van der Waals surface area (Å²) in [6.45, 7) is 7.44.